The summed E-state index contributed by atoms with van der Waals surface area (Å²) in [5.41, 5.74) is 0. The van der Waals surface area contributed by atoms with Crippen LogP contribution in [0.1, 0.15) is 78.1 Å². The van der Waals surface area contributed by atoms with Crippen molar-refractivity contribution in [2.24, 2.45) is 0 Å². The molecule has 1 aliphatic rings. The molecule has 1 atom stereocenters. The van der Waals surface area contributed by atoms with E-state index in [1.54, 1.807) is 0 Å². The van der Waals surface area contributed by atoms with Crippen LogP contribution in [0.5, 0.6) is 0 Å². The van der Waals surface area contributed by atoms with Gasteiger partial charge < -0.3 is 4.90 Å². The summed E-state index contributed by atoms with van der Waals surface area (Å²) in [6, 6.07) is 0.529. The minimum Gasteiger partial charge on any atom is -0.336 e. The standard InChI is InChI=1S/C15H29NO/c1-3-4-5-6-7-8-9-10-11-12-15(17)16-13-14(16)2/h14H,3-13H2,1-2H3. The van der Waals surface area contributed by atoms with E-state index in [4.69, 9.17) is 0 Å². The molecule has 1 unspecified atom stereocenters. The lowest BCUT2D eigenvalue weighted by atomic mass is 10.1. The van der Waals surface area contributed by atoms with Crippen LogP contribution in [-0.2, 0) is 4.79 Å². The third kappa shape index (κ3) is 6.70. The predicted octanol–water partition coefficient (Wildman–Crippen LogP) is 4.14. The highest BCUT2D eigenvalue weighted by molar-refractivity contribution is 5.78. The highest BCUT2D eigenvalue weighted by Gasteiger charge is 2.32. The quantitative estimate of drug-likeness (QED) is 0.414. The van der Waals surface area contributed by atoms with Crippen molar-refractivity contribution >= 4 is 5.91 Å². The van der Waals surface area contributed by atoms with E-state index < -0.39 is 0 Å². The first-order valence-corrected chi connectivity index (χ1v) is 7.55. The molecule has 0 N–H and O–H groups in total. The summed E-state index contributed by atoms with van der Waals surface area (Å²) in [7, 11) is 0. The average Bonchev–Trinajstić information content (AvgIpc) is 3.04. The molecule has 0 radical (unpaired) electrons. The third-order valence-electron chi connectivity index (χ3n) is 3.67. The SMILES string of the molecule is CCCCCCCCCCCC(=O)N1CC1C. The van der Waals surface area contributed by atoms with E-state index in [1.165, 1.54) is 51.4 Å². The van der Waals surface area contributed by atoms with Crippen LogP contribution in [-0.4, -0.2) is 23.4 Å². The molecule has 2 heteroatoms. The molecule has 0 bridgehead atoms. The molecule has 1 heterocycles. The maximum atomic E-state index is 11.5. The lowest BCUT2D eigenvalue weighted by Gasteiger charge is -2.03. The summed E-state index contributed by atoms with van der Waals surface area (Å²) in [6.07, 6.45) is 12.7. The summed E-state index contributed by atoms with van der Waals surface area (Å²) >= 11 is 0. The highest BCUT2D eigenvalue weighted by Crippen LogP contribution is 2.19. The molecule has 1 fully saturated rings. The number of carbonyl (C=O) groups is 1. The summed E-state index contributed by atoms with van der Waals surface area (Å²) < 4.78 is 0. The third-order valence-corrected chi connectivity index (χ3v) is 3.67. The monoisotopic (exact) mass is 239 g/mol. The van der Waals surface area contributed by atoms with Crippen molar-refractivity contribution in [1.82, 2.24) is 4.90 Å². The Morgan fingerprint density at radius 1 is 1.00 bits per heavy atom. The Bertz CT molecular complexity index is 215. The lowest BCUT2D eigenvalue weighted by molar-refractivity contribution is -0.126. The van der Waals surface area contributed by atoms with Crippen LogP contribution in [0.3, 0.4) is 0 Å². The average molecular weight is 239 g/mol. The topological polar surface area (TPSA) is 20.1 Å². The van der Waals surface area contributed by atoms with E-state index in [0.717, 1.165) is 19.4 Å². The molecule has 0 spiro atoms. The van der Waals surface area contributed by atoms with Gasteiger partial charge in [0.05, 0.1) is 0 Å². The smallest absolute Gasteiger partial charge is 0.222 e. The summed E-state index contributed by atoms with van der Waals surface area (Å²) in [4.78, 5) is 13.5. The minimum atomic E-state index is 0.375. The summed E-state index contributed by atoms with van der Waals surface area (Å²) in [5.74, 6) is 0.375. The zero-order valence-corrected chi connectivity index (χ0v) is 11.7. The van der Waals surface area contributed by atoms with Gasteiger partial charge in [-0.1, -0.05) is 58.3 Å². The van der Waals surface area contributed by atoms with Gasteiger partial charge in [0.1, 0.15) is 0 Å². The first-order chi connectivity index (χ1) is 8.25. The molecule has 1 aliphatic heterocycles. The van der Waals surface area contributed by atoms with Gasteiger partial charge in [0.15, 0.2) is 0 Å². The van der Waals surface area contributed by atoms with E-state index in [0.29, 0.717) is 11.9 Å². The number of rotatable bonds is 10. The van der Waals surface area contributed by atoms with Crippen LogP contribution < -0.4 is 0 Å². The Morgan fingerprint density at radius 3 is 1.94 bits per heavy atom. The fourth-order valence-corrected chi connectivity index (χ4v) is 2.32. The van der Waals surface area contributed by atoms with Gasteiger partial charge in [0.2, 0.25) is 5.91 Å². The normalized spacial score (nSPS) is 18.5. The van der Waals surface area contributed by atoms with E-state index in [-0.39, 0.29) is 0 Å². The van der Waals surface area contributed by atoms with Gasteiger partial charge in [-0.15, -0.1) is 0 Å². The minimum absolute atomic E-state index is 0.375. The number of hydrogen-bond acceptors (Lipinski definition) is 1. The second kappa shape index (κ2) is 8.54. The predicted molar refractivity (Wildman–Crippen MR) is 73.0 cm³/mol. The van der Waals surface area contributed by atoms with Gasteiger partial charge in [0, 0.05) is 19.0 Å². The zero-order valence-electron chi connectivity index (χ0n) is 11.7. The molecular formula is C15H29NO. The maximum absolute atomic E-state index is 11.5. The van der Waals surface area contributed by atoms with Gasteiger partial charge in [-0.3, -0.25) is 4.79 Å². The van der Waals surface area contributed by atoms with Crippen LogP contribution in [0, 0.1) is 0 Å². The molecule has 2 nitrogen and oxygen atoms in total. The number of carbonyl (C=O) groups excluding carboxylic acids is 1. The molecule has 1 amide bonds. The molecule has 100 valence electrons. The van der Waals surface area contributed by atoms with Crippen LogP contribution in [0.2, 0.25) is 0 Å². The molecule has 1 rings (SSSR count). The molecule has 0 aromatic carbocycles. The van der Waals surface area contributed by atoms with Crippen molar-refractivity contribution in [2.75, 3.05) is 6.54 Å². The van der Waals surface area contributed by atoms with E-state index in [9.17, 15) is 4.79 Å². The molecule has 17 heavy (non-hydrogen) atoms. The second-order valence-corrected chi connectivity index (χ2v) is 5.47. The number of nitrogens with zero attached hydrogens (tertiary/aromatic N) is 1. The van der Waals surface area contributed by atoms with E-state index in [1.807, 2.05) is 4.90 Å². The van der Waals surface area contributed by atoms with Crippen molar-refractivity contribution in [2.45, 2.75) is 84.1 Å². The summed E-state index contributed by atoms with van der Waals surface area (Å²) in [5, 5.41) is 0. The molecule has 1 saturated heterocycles. The summed E-state index contributed by atoms with van der Waals surface area (Å²) in [6.45, 7) is 5.37. The van der Waals surface area contributed by atoms with E-state index in [2.05, 4.69) is 13.8 Å². The van der Waals surface area contributed by atoms with Gasteiger partial charge in [0.25, 0.3) is 0 Å². The highest BCUT2D eigenvalue weighted by atomic mass is 16.2. The molecule has 0 aromatic rings. The van der Waals surface area contributed by atoms with Gasteiger partial charge in [-0.05, 0) is 13.3 Å². The Labute approximate surface area is 107 Å². The Morgan fingerprint density at radius 2 is 1.47 bits per heavy atom. The van der Waals surface area contributed by atoms with E-state index >= 15 is 0 Å². The van der Waals surface area contributed by atoms with Crippen molar-refractivity contribution in [1.29, 1.82) is 0 Å². The number of hydrogen-bond donors (Lipinski definition) is 0. The van der Waals surface area contributed by atoms with Crippen LogP contribution >= 0.6 is 0 Å². The van der Waals surface area contributed by atoms with Crippen molar-refractivity contribution < 1.29 is 4.79 Å². The van der Waals surface area contributed by atoms with Crippen molar-refractivity contribution in [3.8, 4) is 0 Å². The first kappa shape index (κ1) is 14.5. The van der Waals surface area contributed by atoms with Gasteiger partial charge in [-0.2, -0.15) is 0 Å². The fourth-order valence-electron chi connectivity index (χ4n) is 2.32. The Balaban J connectivity index is 1.77. The number of unbranched alkanes of at least 4 members (excludes halogenated alkanes) is 8. The van der Waals surface area contributed by atoms with Crippen LogP contribution in [0.4, 0.5) is 0 Å². The molecule has 0 aliphatic carbocycles. The van der Waals surface area contributed by atoms with Gasteiger partial charge in [-0.25, -0.2) is 0 Å². The van der Waals surface area contributed by atoms with Crippen molar-refractivity contribution in [3.63, 3.8) is 0 Å². The first-order valence-electron chi connectivity index (χ1n) is 7.55. The van der Waals surface area contributed by atoms with Crippen LogP contribution in [0.15, 0.2) is 0 Å². The largest absolute Gasteiger partial charge is 0.336 e. The Hall–Kier alpha value is -0.530. The van der Waals surface area contributed by atoms with Gasteiger partial charge >= 0.3 is 0 Å². The van der Waals surface area contributed by atoms with Crippen LogP contribution in [0.25, 0.3) is 0 Å². The molecular weight excluding hydrogens is 210 g/mol. The molecule has 0 saturated carbocycles. The Kier molecular flexibility index (Phi) is 7.30. The molecule has 0 aromatic heterocycles. The van der Waals surface area contributed by atoms with Crippen molar-refractivity contribution in [3.05, 3.63) is 0 Å². The fraction of sp³-hybridized carbons (Fsp3) is 0.933. The number of amides is 1. The second-order valence-electron chi connectivity index (χ2n) is 5.47. The maximum Gasteiger partial charge on any atom is 0.222 e. The lowest BCUT2D eigenvalue weighted by Crippen LogP contribution is -2.11. The zero-order chi connectivity index (χ0) is 12.5.